The molecule has 2 N–H and O–H groups in total. The van der Waals surface area contributed by atoms with E-state index in [-0.39, 0.29) is 10.5 Å². The summed E-state index contributed by atoms with van der Waals surface area (Å²) in [5, 5.41) is 0. The zero-order valence-electron chi connectivity index (χ0n) is 11.2. The number of methoxy groups -OCH3 is 1. The molecule has 0 saturated heterocycles. The summed E-state index contributed by atoms with van der Waals surface area (Å²) in [5.41, 5.74) is 6.91. The average Bonchev–Trinajstić information content (AvgIpc) is 2.46. The zero-order valence-corrected chi connectivity index (χ0v) is 12.0. The summed E-state index contributed by atoms with van der Waals surface area (Å²) in [7, 11) is 1.63. The average molecular weight is 288 g/mol. The highest BCUT2D eigenvalue weighted by Crippen LogP contribution is 2.11. The highest BCUT2D eigenvalue weighted by atomic mass is 32.1. The number of hydrogen-bond donors (Lipinski definition) is 1. The summed E-state index contributed by atoms with van der Waals surface area (Å²) in [4.78, 5) is 12.2. The number of aromatic nitrogens is 1. The molecular weight excluding hydrogens is 272 g/mol. The highest BCUT2D eigenvalue weighted by Gasteiger charge is 2.05. The molecule has 0 aliphatic rings. The molecule has 0 saturated carbocycles. The molecule has 104 valence electrons. The van der Waals surface area contributed by atoms with E-state index in [9.17, 15) is 4.79 Å². The lowest BCUT2D eigenvalue weighted by Crippen LogP contribution is -2.28. The first-order valence-corrected chi connectivity index (χ1v) is 6.65. The van der Waals surface area contributed by atoms with Crippen LogP contribution in [-0.2, 0) is 13.0 Å². The molecule has 2 rings (SSSR count). The van der Waals surface area contributed by atoms with E-state index in [1.165, 1.54) is 0 Å². The lowest BCUT2D eigenvalue weighted by atomic mass is 10.1. The molecule has 0 atom stereocenters. The standard InChI is InChI=1S/C15H16N2O2S/c1-19-12-6-4-11(5-7-12)8-10-17-9-2-3-13(14(16)20)15(17)18/h2-7,9H,8,10H2,1H3,(H2,16,20). The second-order valence-corrected chi connectivity index (χ2v) is 4.82. The third kappa shape index (κ3) is 3.24. The van der Waals surface area contributed by atoms with Crippen LogP contribution >= 0.6 is 12.2 Å². The van der Waals surface area contributed by atoms with Gasteiger partial charge in [-0.25, -0.2) is 0 Å². The second-order valence-electron chi connectivity index (χ2n) is 4.38. The van der Waals surface area contributed by atoms with E-state index in [4.69, 9.17) is 22.7 Å². The molecule has 0 bridgehead atoms. The molecule has 0 fully saturated rings. The summed E-state index contributed by atoms with van der Waals surface area (Å²) >= 11 is 4.87. The van der Waals surface area contributed by atoms with Crippen LogP contribution in [0.5, 0.6) is 5.75 Å². The van der Waals surface area contributed by atoms with Gasteiger partial charge in [0, 0.05) is 12.7 Å². The number of thiocarbonyl (C=S) groups is 1. The van der Waals surface area contributed by atoms with Gasteiger partial charge in [-0.2, -0.15) is 0 Å². The zero-order chi connectivity index (χ0) is 14.5. The van der Waals surface area contributed by atoms with Gasteiger partial charge < -0.3 is 15.0 Å². The number of aryl methyl sites for hydroxylation is 2. The first kappa shape index (κ1) is 14.3. The minimum Gasteiger partial charge on any atom is -0.497 e. The molecule has 4 nitrogen and oxygen atoms in total. The van der Waals surface area contributed by atoms with E-state index in [2.05, 4.69) is 0 Å². The lowest BCUT2D eigenvalue weighted by Gasteiger charge is -2.08. The van der Waals surface area contributed by atoms with Gasteiger partial charge in [-0.3, -0.25) is 4.79 Å². The number of hydrogen-bond acceptors (Lipinski definition) is 3. The molecule has 1 heterocycles. The Hall–Kier alpha value is -2.14. The number of benzene rings is 1. The van der Waals surface area contributed by atoms with E-state index in [0.29, 0.717) is 12.1 Å². The lowest BCUT2D eigenvalue weighted by molar-refractivity contribution is 0.414. The van der Waals surface area contributed by atoms with Gasteiger partial charge in [-0.05, 0) is 36.2 Å². The largest absolute Gasteiger partial charge is 0.497 e. The van der Waals surface area contributed by atoms with E-state index in [0.717, 1.165) is 17.7 Å². The Bertz CT molecular complexity index is 662. The van der Waals surface area contributed by atoms with Crippen LogP contribution in [0, 0.1) is 0 Å². The monoisotopic (exact) mass is 288 g/mol. The Balaban J connectivity index is 2.12. The van der Waals surface area contributed by atoms with Crippen molar-refractivity contribution in [2.24, 2.45) is 5.73 Å². The van der Waals surface area contributed by atoms with E-state index in [1.807, 2.05) is 24.3 Å². The van der Waals surface area contributed by atoms with Crippen LogP contribution in [0.3, 0.4) is 0 Å². The minimum absolute atomic E-state index is 0.133. The number of nitrogens with zero attached hydrogens (tertiary/aromatic N) is 1. The van der Waals surface area contributed by atoms with Gasteiger partial charge in [0.05, 0.1) is 12.7 Å². The summed E-state index contributed by atoms with van der Waals surface area (Å²) < 4.78 is 6.73. The van der Waals surface area contributed by atoms with Gasteiger partial charge in [0.2, 0.25) is 0 Å². The number of ether oxygens (including phenoxy) is 1. The smallest absolute Gasteiger partial charge is 0.260 e. The molecule has 0 amide bonds. The van der Waals surface area contributed by atoms with Crippen LogP contribution < -0.4 is 16.0 Å². The molecule has 1 aromatic heterocycles. The van der Waals surface area contributed by atoms with Gasteiger partial charge in [0.25, 0.3) is 5.56 Å². The minimum atomic E-state index is -0.145. The van der Waals surface area contributed by atoms with Crippen LogP contribution in [0.4, 0.5) is 0 Å². The predicted octanol–water partition coefficient (Wildman–Crippen LogP) is 1.73. The molecule has 0 radical (unpaired) electrons. The summed E-state index contributed by atoms with van der Waals surface area (Å²) in [6.45, 7) is 0.585. The SMILES string of the molecule is COc1ccc(CCn2cccc(C(N)=S)c2=O)cc1. The first-order valence-electron chi connectivity index (χ1n) is 6.24. The van der Waals surface area contributed by atoms with Gasteiger partial charge in [0.15, 0.2) is 0 Å². The Morgan fingerprint density at radius 1 is 1.30 bits per heavy atom. The maximum atomic E-state index is 12.1. The van der Waals surface area contributed by atoms with Gasteiger partial charge >= 0.3 is 0 Å². The van der Waals surface area contributed by atoms with Crippen LogP contribution in [0.1, 0.15) is 11.1 Å². The van der Waals surface area contributed by atoms with Gasteiger partial charge in [0.1, 0.15) is 10.7 Å². The number of nitrogens with two attached hydrogens (primary N) is 1. The van der Waals surface area contributed by atoms with Crippen LogP contribution in [0.15, 0.2) is 47.4 Å². The fourth-order valence-electron chi connectivity index (χ4n) is 1.94. The quantitative estimate of drug-likeness (QED) is 0.851. The van der Waals surface area contributed by atoms with Gasteiger partial charge in [-0.1, -0.05) is 24.4 Å². The van der Waals surface area contributed by atoms with Crippen LogP contribution in [0.25, 0.3) is 0 Å². The molecule has 5 heteroatoms. The third-order valence-corrected chi connectivity index (χ3v) is 3.31. The molecule has 0 unspecified atom stereocenters. The molecule has 2 aromatic rings. The van der Waals surface area contributed by atoms with E-state index >= 15 is 0 Å². The maximum Gasteiger partial charge on any atom is 0.260 e. The molecule has 0 spiro atoms. The van der Waals surface area contributed by atoms with E-state index < -0.39 is 0 Å². The molecule has 20 heavy (non-hydrogen) atoms. The van der Waals surface area contributed by atoms with E-state index in [1.54, 1.807) is 30.0 Å². The van der Waals surface area contributed by atoms with Crippen molar-refractivity contribution in [3.05, 3.63) is 64.1 Å². The Kier molecular flexibility index (Phi) is 4.53. The van der Waals surface area contributed by atoms with Crippen molar-refractivity contribution >= 4 is 17.2 Å². The topological polar surface area (TPSA) is 57.2 Å². The second kappa shape index (κ2) is 6.34. The van der Waals surface area contributed by atoms with Crippen LogP contribution in [-0.4, -0.2) is 16.7 Å². The van der Waals surface area contributed by atoms with Crippen molar-refractivity contribution in [3.8, 4) is 5.75 Å². The molecule has 1 aromatic carbocycles. The van der Waals surface area contributed by atoms with Gasteiger partial charge in [-0.15, -0.1) is 0 Å². The third-order valence-electron chi connectivity index (χ3n) is 3.09. The highest BCUT2D eigenvalue weighted by molar-refractivity contribution is 7.80. The molecular formula is C15H16N2O2S. The van der Waals surface area contributed by atoms with Crippen LogP contribution in [0.2, 0.25) is 0 Å². The fraction of sp³-hybridized carbons (Fsp3) is 0.200. The van der Waals surface area contributed by atoms with Crippen molar-refractivity contribution in [2.45, 2.75) is 13.0 Å². The summed E-state index contributed by atoms with van der Waals surface area (Å²) in [6, 6.07) is 11.2. The first-order chi connectivity index (χ1) is 9.61. The molecule has 0 aliphatic carbocycles. The Labute approximate surface area is 122 Å². The Morgan fingerprint density at radius 3 is 2.60 bits per heavy atom. The summed E-state index contributed by atoms with van der Waals surface area (Å²) in [6.07, 6.45) is 2.50. The number of pyridine rings is 1. The fourth-order valence-corrected chi connectivity index (χ4v) is 2.10. The molecule has 0 aliphatic heterocycles. The summed E-state index contributed by atoms with van der Waals surface area (Å²) in [5.74, 6) is 0.821. The predicted molar refractivity (Wildman–Crippen MR) is 83.3 cm³/mol. The van der Waals surface area contributed by atoms with Crippen molar-refractivity contribution in [3.63, 3.8) is 0 Å². The Morgan fingerprint density at radius 2 is 2.00 bits per heavy atom. The normalized spacial score (nSPS) is 10.2. The van der Waals surface area contributed by atoms with Crippen molar-refractivity contribution in [1.29, 1.82) is 0 Å². The maximum absolute atomic E-state index is 12.1. The van der Waals surface area contributed by atoms with Crippen molar-refractivity contribution in [1.82, 2.24) is 4.57 Å². The van der Waals surface area contributed by atoms with Crippen molar-refractivity contribution in [2.75, 3.05) is 7.11 Å². The van der Waals surface area contributed by atoms with Crippen molar-refractivity contribution < 1.29 is 4.74 Å². The number of rotatable bonds is 5.